The van der Waals surface area contributed by atoms with Gasteiger partial charge in [-0.25, -0.2) is 4.79 Å². The van der Waals surface area contributed by atoms with Crippen molar-refractivity contribution in [1.82, 2.24) is 0 Å². The van der Waals surface area contributed by atoms with Crippen LogP contribution in [-0.4, -0.2) is 22.0 Å². The number of anilines is 1. The molecule has 0 aliphatic carbocycles. The highest BCUT2D eigenvalue weighted by Gasteiger charge is 2.17. The zero-order chi connectivity index (χ0) is 16.0. The molecule has 0 aromatic heterocycles. The van der Waals surface area contributed by atoms with Gasteiger partial charge in [0.2, 0.25) is 0 Å². The number of nitro groups is 1. The third kappa shape index (κ3) is 5.41. The van der Waals surface area contributed by atoms with Gasteiger partial charge in [-0.2, -0.15) is 0 Å². The third-order valence-electron chi connectivity index (χ3n) is 3.26. The van der Waals surface area contributed by atoms with Crippen molar-refractivity contribution in [3.8, 4) is 0 Å². The van der Waals surface area contributed by atoms with Gasteiger partial charge in [-0.3, -0.25) is 10.1 Å². The van der Waals surface area contributed by atoms with E-state index in [0.717, 1.165) is 25.3 Å². The third-order valence-corrected chi connectivity index (χ3v) is 3.26. The smallest absolute Gasteiger partial charge is 0.338 e. The zero-order valence-electron chi connectivity index (χ0n) is 12.6. The van der Waals surface area contributed by atoms with Crippen molar-refractivity contribution in [3.63, 3.8) is 0 Å². The van der Waals surface area contributed by atoms with Crippen LogP contribution in [0, 0.1) is 16.0 Å². The molecule has 1 atom stereocenters. The maximum Gasteiger partial charge on any atom is 0.338 e. The lowest BCUT2D eigenvalue weighted by molar-refractivity contribution is -0.384. The molecule has 0 aliphatic rings. The Kier molecular flexibility index (Phi) is 6.14. The second kappa shape index (κ2) is 7.61. The summed E-state index contributed by atoms with van der Waals surface area (Å²) in [5, 5.41) is 23.0. The Morgan fingerprint density at radius 2 is 2.00 bits per heavy atom. The van der Waals surface area contributed by atoms with Crippen LogP contribution in [0.3, 0.4) is 0 Å². The summed E-state index contributed by atoms with van der Waals surface area (Å²) >= 11 is 0. The van der Waals surface area contributed by atoms with E-state index >= 15 is 0 Å². The normalized spacial score (nSPS) is 12.2. The standard InChI is InChI=1S/C15H22N2O4/c1-10(2)5-4-6-11(3)16-14-8-7-12(17(20)21)9-13(14)15(18)19/h7-11,16H,4-6H2,1-3H3,(H,18,19). The van der Waals surface area contributed by atoms with Gasteiger partial charge in [0.1, 0.15) is 0 Å². The number of aromatic carboxylic acids is 1. The molecule has 0 amide bonds. The molecule has 0 saturated heterocycles. The van der Waals surface area contributed by atoms with Gasteiger partial charge in [0.05, 0.1) is 10.5 Å². The molecule has 0 fully saturated rings. The van der Waals surface area contributed by atoms with Crippen LogP contribution < -0.4 is 5.32 Å². The lowest BCUT2D eigenvalue weighted by Gasteiger charge is -2.17. The fourth-order valence-electron chi connectivity index (χ4n) is 2.12. The number of carboxylic acid groups (broad SMARTS) is 1. The van der Waals surface area contributed by atoms with Gasteiger partial charge in [0.25, 0.3) is 5.69 Å². The molecule has 1 aromatic carbocycles. The number of non-ortho nitro benzene ring substituents is 1. The maximum atomic E-state index is 11.2. The summed E-state index contributed by atoms with van der Waals surface area (Å²) in [4.78, 5) is 21.3. The second-order valence-corrected chi connectivity index (χ2v) is 5.66. The predicted octanol–water partition coefficient (Wildman–Crippen LogP) is 3.92. The van der Waals surface area contributed by atoms with E-state index in [1.165, 1.54) is 12.1 Å². The zero-order valence-corrected chi connectivity index (χ0v) is 12.6. The van der Waals surface area contributed by atoms with Gasteiger partial charge < -0.3 is 10.4 Å². The molecule has 116 valence electrons. The van der Waals surface area contributed by atoms with E-state index in [2.05, 4.69) is 19.2 Å². The molecule has 0 radical (unpaired) electrons. The van der Waals surface area contributed by atoms with Crippen molar-refractivity contribution in [2.24, 2.45) is 5.92 Å². The number of nitrogens with zero attached hydrogens (tertiary/aromatic N) is 1. The molecule has 21 heavy (non-hydrogen) atoms. The Labute approximate surface area is 124 Å². The lowest BCUT2D eigenvalue weighted by Crippen LogP contribution is -2.17. The van der Waals surface area contributed by atoms with E-state index in [0.29, 0.717) is 11.6 Å². The van der Waals surface area contributed by atoms with Crippen LogP contribution in [0.1, 0.15) is 50.4 Å². The van der Waals surface area contributed by atoms with Gasteiger partial charge in [-0.05, 0) is 25.3 Å². The topological polar surface area (TPSA) is 92.5 Å². The Balaban J connectivity index is 2.78. The molecule has 6 nitrogen and oxygen atoms in total. The van der Waals surface area contributed by atoms with E-state index in [-0.39, 0.29) is 17.3 Å². The lowest BCUT2D eigenvalue weighted by atomic mass is 10.0. The van der Waals surface area contributed by atoms with Crippen LogP contribution in [0.5, 0.6) is 0 Å². The molecule has 0 heterocycles. The average molecular weight is 294 g/mol. The average Bonchev–Trinajstić information content (AvgIpc) is 2.38. The molecule has 6 heteroatoms. The predicted molar refractivity (Wildman–Crippen MR) is 81.8 cm³/mol. The van der Waals surface area contributed by atoms with Crippen molar-refractivity contribution < 1.29 is 14.8 Å². The minimum Gasteiger partial charge on any atom is -0.478 e. The number of carboxylic acids is 1. The van der Waals surface area contributed by atoms with Gasteiger partial charge in [-0.1, -0.05) is 26.7 Å². The quantitative estimate of drug-likeness (QED) is 0.560. The Hall–Kier alpha value is -2.11. The first-order chi connectivity index (χ1) is 9.81. The van der Waals surface area contributed by atoms with Crippen molar-refractivity contribution in [2.75, 3.05) is 5.32 Å². The van der Waals surface area contributed by atoms with Gasteiger partial charge in [0, 0.05) is 23.9 Å². The number of rotatable bonds is 8. The molecule has 1 aromatic rings. The van der Waals surface area contributed by atoms with E-state index in [1.807, 2.05) is 6.92 Å². The first-order valence-electron chi connectivity index (χ1n) is 7.09. The van der Waals surface area contributed by atoms with E-state index in [4.69, 9.17) is 0 Å². The largest absolute Gasteiger partial charge is 0.478 e. The molecule has 0 saturated carbocycles. The van der Waals surface area contributed by atoms with Crippen molar-refractivity contribution in [1.29, 1.82) is 0 Å². The molecular formula is C15H22N2O4. The van der Waals surface area contributed by atoms with Crippen LogP contribution in [0.4, 0.5) is 11.4 Å². The summed E-state index contributed by atoms with van der Waals surface area (Å²) in [6, 6.07) is 3.98. The molecule has 1 unspecified atom stereocenters. The number of nitro benzene ring substituents is 1. The molecule has 0 aliphatic heterocycles. The highest BCUT2D eigenvalue weighted by molar-refractivity contribution is 5.95. The molecular weight excluding hydrogens is 272 g/mol. The fraction of sp³-hybridized carbons (Fsp3) is 0.533. The molecule has 1 rings (SSSR count). The first kappa shape index (κ1) is 16.9. The second-order valence-electron chi connectivity index (χ2n) is 5.66. The molecule has 0 spiro atoms. The SMILES string of the molecule is CC(C)CCCC(C)Nc1ccc([N+](=O)[O-])cc1C(=O)O. The number of carbonyl (C=O) groups is 1. The summed E-state index contributed by atoms with van der Waals surface area (Å²) in [6.45, 7) is 6.31. The molecule has 2 N–H and O–H groups in total. The highest BCUT2D eigenvalue weighted by atomic mass is 16.6. The van der Waals surface area contributed by atoms with Gasteiger partial charge in [-0.15, -0.1) is 0 Å². The minimum atomic E-state index is -1.17. The van der Waals surface area contributed by atoms with E-state index in [1.54, 1.807) is 0 Å². The maximum absolute atomic E-state index is 11.2. The number of nitrogens with one attached hydrogen (secondary N) is 1. The van der Waals surface area contributed by atoms with E-state index in [9.17, 15) is 20.0 Å². The Morgan fingerprint density at radius 3 is 2.52 bits per heavy atom. The van der Waals surface area contributed by atoms with Crippen LogP contribution in [0.15, 0.2) is 18.2 Å². The van der Waals surface area contributed by atoms with Crippen LogP contribution in [0.25, 0.3) is 0 Å². The number of hydrogen-bond acceptors (Lipinski definition) is 4. The summed E-state index contributed by atoms with van der Waals surface area (Å²) in [5.41, 5.74) is 0.135. The summed E-state index contributed by atoms with van der Waals surface area (Å²) in [6.07, 6.45) is 3.10. The van der Waals surface area contributed by atoms with Crippen LogP contribution in [-0.2, 0) is 0 Å². The molecule has 0 bridgehead atoms. The fourth-order valence-corrected chi connectivity index (χ4v) is 2.12. The number of hydrogen-bond donors (Lipinski definition) is 2. The van der Waals surface area contributed by atoms with E-state index < -0.39 is 10.9 Å². The van der Waals surface area contributed by atoms with Crippen molar-refractivity contribution >= 4 is 17.3 Å². The minimum absolute atomic E-state index is 0.0695. The Morgan fingerprint density at radius 1 is 1.33 bits per heavy atom. The highest BCUT2D eigenvalue weighted by Crippen LogP contribution is 2.23. The van der Waals surface area contributed by atoms with Crippen LogP contribution >= 0.6 is 0 Å². The summed E-state index contributed by atoms with van der Waals surface area (Å²) < 4.78 is 0. The van der Waals surface area contributed by atoms with Gasteiger partial charge in [0.15, 0.2) is 0 Å². The van der Waals surface area contributed by atoms with Crippen molar-refractivity contribution in [3.05, 3.63) is 33.9 Å². The Bertz CT molecular complexity index is 514. The van der Waals surface area contributed by atoms with Crippen LogP contribution in [0.2, 0.25) is 0 Å². The monoisotopic (exact) mass is 294 g/mol. The summed E-state index contributed by atoms with van der Waals surface area (Å²) in [5.74, 6) is -0.526. The first-order valence-corrected chi connectivity index (χ1v) is 7.09. The summed E-state index contributed by atoms with van der Waals surface area (Å²) in [7, 11) is 0. The van der Waals surface area contributed by atoms with Crippen molar-refractivity contribution in [2.45, 2.75) is 46.1 Å². The number of benzene rings is 1. The van der Waals surface area contributed by atoms with Gasteiger partial charge >= 0.3 is 5.97 Å².